The molecule has 0 saturated carbocycles. The molecule has 3 rings (SSSR count). The number of benzene rings is 1. The van der Waals surface area contributed by atoms with Gasteiger partial charge in [-0.3, -0.25) is 10.1 Å². The molecular formula is C10H8N6O2. The normalized spacial score (nSPS) is 10.9. The minimum Gasteiger partial charge on any atom is -0.361 e. The Morgan fingerprint density at radius 2 is 2.28 bits per heavy atom. The van der Waals surface area contributed by atoms with Crippen molar-refractivity contribution in [2.24, 2.45) is 0 Å². The molecule has 0 atom stereocenters. The van der Waals surface area contributed by atoms with Crippen molar-refractivity contribution in [3.05, 3.63) is 45.9 Å². The van der Waals surface area contributed by atoms with Crippen LogP contribution in [0.1, 0.15) is 11.4 Å². The second-order valence-corrected chi connectivity index (χ2v) is 3.81. The molecule has 0 aliphatic carbocycles. The fourth-order valence-electron chi connectivity index (χ4n) is 1.85. The number of nitrogens with zero attached hydrogens (tertiary/aromatic N) is 4. The highest BCUT2D eigenvalue weighted by atomic mass is 16.6. The monoisotopic (exact) mass is 244 g/mol. The van der Waals surface area contributed by atoms with Crippen molar-refractivity contribution < 1.29 is 4.92 Å². The fourth-order valence-corrected chi connectivity index (χ4v) is 1.85. The second kappa shape index (κ2) is 3.91. The topological polar surface area (TPSA) is 113 Å². The summed E-state index contributed by atoms with van der Waals surface area (Å²) < 4.78 is 0. The second-order valence-electron chi connectivity index (χ2n) is 3.81. The average Bonchev–Trinajstić information content (AvgIpc) is 2.99. The van der Waals surface area contributed by atoms with Gasteiger partial charge in [0.05, 0.1) is 4.92 Å². The van der Waals surface area contributed by atoms with Crippen molar-refractivity contribution in [3.8, 4) is 0 Å². The third-order valence-electron chi connectivity index (χ3n) is 2.70. The summed E-state index contributed by atoms with van der Waals surface area (Å²) in [6.07, 6.45) is 2.27. The largest absolute Gasteiger partial charge is 0.361 e. The number of fused-ring (bicyclic) bond motifs is 1. The van der Waals surface area contributed by atoms with Crippen LogP contribution >= 0.6 is 0 Å². The van der Waals surface area contributed by atoms with Gasteiger partial charge in [0.25, 0.3) is 5.69 Å². The fraction of sp³-hybridized carbons (Fsp3) is 0.100. The maximum atomic E-state index is 10.8. The summed E-state index contributed by atoms with van der Waals surface area (Å²) in [5.74, 6) is 0.544. The Bertz CT molecular complexity index is 702. The predicted octanol–water partition coefficient (Wildman–Crippen LogP) is 1.18. The molecule has 0 aliphatic rings. The van der Waals surface area contributed by atoms with Crippen LogP contribution in [0.4, 0.5) is 5.69 Å². The van der Waals surface area contributed by atoms with Gasteiger partial charge < -0.3 is 4.98 Å². The van der Waals surface area contributed by atoms with E-state index in [1.807, 2.05) is 0 Å². The molecule has 0 fully saturated rings. The Morgan fingerprint density at radius 1 is 1.39 bits per heavy atom. The van der Waals surface area contributed by atoms with Crippen LogP contribution in [0.25, 0.3) is 10.9 Å². The van der Waals surface area contributed by atoms with E-state index >= 15 is 0 Å². The van der Waals surface area contributed by atoms with E-state index in [0.29, 0.717) is 12.2 Å². The quantitative estimate of drug-likeness (QED) is 0.530. The number of hydrogen-bond donors (Lipinski definition) is 2. The molecule has 8 nitrogen and oxygen atoms in total. The zero-order chi connectivity index (χ0) is 12.5. The summed E-state index contributed by atoms with van der Waals surface area (Å²) >= 11 is 0. The van der Waals surface area contributed by atoms with Gasteiger partial charge in [-0.2, -0.15) is 5.21 Å². The van der Waals surface area contributed by atoms with Crippen molar-refractivity contribution in [2.45, 2.75) is 6.42 Å². The summed E-state index contributed by atoms with van der Waals surface area (Å²) in [6.45, 7) is 0. The van der Waals surface area contributed by atoms with E-state index in [1.54, 1.807) is 18.3 Å². The molecule has 0 unspecified atom stereocenters. The number of nitro groups is 1. The zero-order valence-corrected chi connectivity index (χ0v) is 9.12. The number of aromatic amines is 2. The summed E-state index contributed by atoms with van der Waals surface area (Å²) in [4.78, 5) is 13.4. The molecule has 90 valence electrons. The molecule has 8 heteroatoms. The van der Waals surface area contributed by atoms with Crippen LogP contribution < -0.4 is 0 Å². The molecule has 2 aromatic heterocycles. The van der Waals surface area contributed by atoms with Crippen LogP contribution in [0.3, 0.4) is 0 Å². The molecule has 0 radical (unpaired) electrons. The van der Waals surface area contributed by atoms with Crippen molar-refractivity contribution in [1.82, 2.24) is 25.6 Å². The minimum atomic E-state index is -0.412. The Kier molecular flexibility index (Phi) is 2.26. The van der Waals surface area contributed by atoms with Crippen molar-refractivity contribution in [2.75, 3.05) is 0 Å². The van der Waals surface area contributed by atoms with Crippen LogP contribution in [0.2, 0.25) is 0 Å². The van der Waals surface area contributed by atoms with Gasteiger partial charge in [0.2, 0.25) is 0 Å². The highest BCUT2D eigenvalue weighted by Gasteiger charge is 2.11. The van der Waals surface area contributed by atoms with Gasteiger partial charge in [0.1, 0.15) is 0 Å². The number of non-ortho nitro benzene ring substituents is 1. The van der Waals surface area contributed by atoms with Crippen molar-refractivity contribution >= 4 is 16.6 Å². The highest BCUT2D eigenvalue weighted by molar-refractivity contribution is 5.85. The molecule has 0 spiro atoms. The Hall–Kier alpha value is -2.77. The van der Waals surface area contributed by atoms with Gasteiger partial charge in [-0.05, 0) is 11.6 Å². The van der Waals surface area contributed by atoms with Crippen LogP contribution in [-0.2, 0) is 6.42 Å². The van der Waals surface area contributed by atoms with E-state index in [9.17, 15) is 10.1 Å². The van der Waals surface area contributed by atoms with Gasteiger partial charge >= 0.3 is 0 Å². The first kappa shape index (κ1) is 10.4. The van der Waals surface area contributed by atoms with Gasteiger partial charge in [-0.15, -0.1) is 10.2 Å². The lowest BCUT2D eigenvalue weighted by molar-refractivity contribution is -0.384. The lowest BCUT2D eigenvalue weighted by Gasteiger charge is -1.95. The lowest BCUT2D eigenvalue weighted by Crippen LogP contribution is -1.91. The predicted molar refractivity (Wildman–Crippen MR) is 61.9 cm³/mol. The smallest absolute Gasteiger partial charge is 0.270 e. The highest BCUT2D eigenvalue weighted by Crippen LogP contribution is 2.24. The SMILES string of the molecule is O=[N+]([O-])c1ccc2[nH]cc(Cc3nn[nH]n3)c2c1. The molecule has 0 amide bonds. The number of nitro benzene ring substituents is 1. The molecule has 0 bridgehead atoms. The summed E-state index contributed by atoms with van der Waals surface area (Å²) in [5.41, 5.74) is 1.81. The van der Waals surface area contributed by atoms with Crippen LogP contribution in [-0.4, -0.2) is 30.5 Å². The average molecular weight is 244 g/mol. The van der Waals surface area contributed by atoms with E-state index in [4.69, 9.17) is 0 Å². The molecule has 3 aromatic rings. The van der Waals surface area contributed by atoms with Crippen LogP contribution in [0, 0.1) is 10.1 Å². The molecule has 18 heavy (non-hydrogen) atoms. The summed E-state index contributed by atoms with van der Waals surface area (Å²) in [5, 5.41) is 25.1. The number of H-pyrrole nitrogens is 2. The minimum absolute atomic E-state index is 0.0662. The first-order chi connectivity index (χ1) is 8.74. The molecule has 1 aromatic carbocycles. The number of tetrazole rings is 1. The van der Waals surface area contributed by atoms with Crippen molar-refractivity contribution in [1.29, 1.82) is 0 Å². The number of aromatic nitrogens is 5. The van der Waals surface area contributed by atoms with Crippen LogP contribution in [0.15, 0.2) is 24.4 Å². The van der Waals surface area contributed by atoms with Crippen LogP contribution in [0.5, 0.6) is 0 Å². The summed E-state index contributed by atoms with van der Waals surface area (Å²) in [6, 6.07) is 4.70. The Morgan fingerprint density at radius 3 is 3.00 bits per heavy atom. The van der Waals surface area contributed by atoms with Gasteiger partial charge in [0.15, 0.2) is 5.82 Å². The van der Waals surface area contributed by atoms with E-state index in [-0.39, 0.29) is 5.69 Å². The third kappa shape index (κ3) is 1.69. The number of hydrogen-bond acceptors (Lipinski definition) is 5. The zero-order valence-electron chi connectivity index (χ0n) is 9.12. The van der Waals surface area contributed by atoms with E-state index in [0.717, 1.165) is 16.5 Å². The summed E-state index contributed by atoms with van der Waals surface area (Å²) in [7, 11) is 0. The van der Waals surface area contributed by atoms with Crippen molar-refractivity contribution in [3.63, 3.8) is 0 Å². The molecular weight excluding hydrogens is 236 g/mol. The number of nitrogens with one attached hydrogen (secondary N) is 2. The lowest BCUT2D eigenvalue weighted by atomic mass is 10.1. The maximum absolute atomic E-state index is 10.8. The standard InChI is InChI=1S/C10H8N6O2/c17-16(18)7-1-2-9-8(4-7)6(5-11-9)3-10-12-14-15-13-10/h1-2,4-5,11H,3H2,(H,12,13,14,15). The van der Waals surface area contributed by atoms with Gasteiger partial charge in [-0.25, -0.2) is 0 Å². The van der Waals surface area contributed by atoms with Gasteiger partial charge in [0, 0.05) is 35.7 Å². The molecule has 2 heterocycles. The third-order valence-corrected chi connectivity index (χ3v) is 2.70. The molecule has 0 saturated heterocycles. The molecule has 2 N–H and O–H groups in total. The molecule has 0 aliphatic heterocycles. The maximum Gasteiger partial charge on any atom is 0.270 e. The first-order valence-corrected chi connectivity index (χ1v) is 5.21. The van der Waals surface area contributed by atoms with E-state index in [1.165, 1.54) is 6.07 Å². The number of rotatable bonds is 3. The van der Waals surface area contributed by atoms with Gasteiger partial charge in [-0.1, -0.05) is 5.21 Å². The first-order valence-electron chi connectivity index (χ1n) is 5.21. The van der Waals surface area contributed by atoms with E-state index in [2.05, 4.69) is 25.6 Å². The van der Waals surface area contributed by atoms with E-state index < -0.39 is 4.92 Å². The Labute approximate surface area is 100 Å². The Balaban J connectivity index is 2.06.